The quantitative estimate of drug-likeness (QED) is 0.234. The van der Waals surface area contributed by atoms with Crippen LogP contribution in [0.5, 0.6) is 0 Å². The summed E-state index contributed by atoms with van der Waals surface area (Å²) in [5.74, 6) is -2.25. The molecule has 3 N–H and O–H groups in total. The highest BCUT2D eigenvalue weighted by atomic mass is 19.2. The zero-order valence-corrected chi connectivity index (χ0v) is 15.7. The van der Waals surface area contributed by atoms with Gasteiger partial charge in [-0.25, -0.2) is 13.2 Å². The first kappa shape index (κ1) is 23.2. The number of terminal acetylenes is 1. The molecule has 2 aromatic carbocycles. The predicted molar refractivity (Wildman–Crippen MR) is 101 cm³/mol. The Labute approximate surface area is 170 Å². The van der Waals surface area contributed by atoms with Crippen molar-refractivity contribution in [1.82, 2.24) is 5.06 Å². The van der Waals surface area contributed by atoms with E-state index in [1.54, 1.807) is 0 Å². The van der Waals surface area contributed by atoms with Crippen LogP contribution in [0.25, 0.3) is 0 Å². The number of aliphatic hydroxyl groups excluding tert-OH is 2. The second kappa shape index (κ2) is 11.2. The zero-order valence-electron chi connectivity index (χ0n) is 15.7. The lowest BCUT2D eigenvalue weighted by Gasteiger charge is -2.23. The molecular weight excluding hydrogens is 405 g/mol. The summed E-state index contributed by atoms with van der Waals surface area (Å²) in [6.45, 7) is -1.64. The van der Waals surface area contributed by atoms with Crippen LogP contribution in [0.1, 0.15) is 15.9 Å². The summed E-state index contributed by atoms with van der Waals surface area (Å²) < 4.78 is 47.6. The van der Waals surface area contributed by atoms with Gasteiger partial charge < -0.3 is 20.3 Å². The number of anilines is 2. The van der Waals surface area contributed by atoms with Gasteiger partial charge >= 0.3 is 0 Å². The van der Waals surface area contributed by atoms with Crippen molar-refractivity contribution >= 4 is 17.3 Å². The first-order valence-electron chi connectivity index (χ1n) is 8.68. The first-order valence-corrected chi connectivity index (χ1v) is 8.68. The van der Waals surface area contributed by atoms with Crippen molar-refractivity contribution < 1.29 is 37.8 Å². The predicted octanol–water partition coefficient (Wildman–Crippen LogP) is 2.16. The molecule has 10 heteroatoms. The van der Waals surface area contributed by atoms with E-state index in [2.05, 4.69) is 11.2 Å². The van der Waals surface area contributed by atoms with E-state index in [1.807, 2.05) is 0 Å². The maximum absolute atomic E-state index is 14.5. The Morgan fingerprint density at radius 1 is 1.10 bits per heavy atom. The third-order valence-corrected chi connectivity index (χ3v) is 3.73. The van der Waals surface area contributed by atoms with E-state index in [0.717, 1.165) is 18.2 Å². The van der Waals surface area contributed by atoms with Gasteiger partial charge in [-0.3, -0.25) is 9.63 Å². The Bertz CT molecular complexity index is 933. The number of halogens is 3. The molecule has 0 aliphatic carbocycles. The molecule has 7 nitrogen and oxygen atoms in total. The van der Waals surface area contributed by atoms with Crippen molar-refractivity contribution in [2.24, 2.45) is 0 Å². The van der Waals surface area contributed by atoms with Crippen molar-refractivity contribution in [2.75, 3.05) is 38.5 Å². The second-order valence-corrected chi connectivity index (χ2v) is 5.75. The molecular formula is C20H19F3N2O5. The summed E-state index contributed by atoms with van der Waals surface area (Å²) >= 11 is 0. The van der Waals surface area contributed by atoms with Crippen molar-refractivity contribution in [3.8, 4) is 12.3 Å². The van der Waals surface area contributed by atoms with Gasteiger partial charge in [0.05, 0.1) is 43.4 Å². The second-order valence-electron chi connectivity index (χ2n) is 5.75. The number of ether oxygens (including phenoxy) is 1. The van der Waals surface area contributed by atoms with Crippen LogP contribution in [-0.4, -0.2) is 54.3 Å². The lowest BCUT2D eigenvalue weighted by molar-refractivity contribution is -0.179. The summed E-state index contributed by atoms with van der Waals surface area (Å²) in [6.07, 6.45) is 5.20. The normalized spacial score (nSPS) is 10.5. The standard InChI is InChI=1S/C20H19F3N2O5/c1-2-13-3-6-17(16(22)11-13)24-19-14(4-5-15(21)18(19)23)20(28)25(30-10-8-27)12-29-9-7-26/h1,3-6,11,24,26-27H,7-10,12H2. The Kier molecular flexibility index (Phi) is 8.64. The minimum Gasteiger partial charge on any atom is -0.394 e. The van der Waals surface area contributed by atoms with Gasteiger partial charge in [-0.15, -0.1) is 6.42 Å². The SMILES string of the molecule is C#Cc1ccc(Nc2c(C(=O)N(COCCO)OCCO)ccc(F)c2F)c(F)c1. The van der Waals surface area contributed by atoms with Crippen LogP contribution in [0.15, 0.2) is 30.3 Å². The Morgan fingerprint density at radius 2 is 1.83 bits per heavy atom. The fraction of sp³-hybridized carbons (Fsp3) is 0.250. The van der Waals surface area contributed by atoms with Crippen LogP contribution in [0.2, 0.25) is 0 Å². The van der Waals surface area contributed by atoms with Crippen molar-refractivity contribution in [3.63, 3.8) is 0 Å². The summed E-state index contributed by atoms with van der Waals surface area (Å²) in [6, 6.07) is 5.32. The monoisotopic (exact) mass is 424 g/mol. The van der Waals surface area contributed by atoms with Gasteiger partial charge in [0.25, 0.3) is 5.91 Å². The minimum absolute atomic E-state index is 0.123. The molecule has 0 aliphatic heterocycles. The number of hydrogen-bond acceptors (Lipinski definition) is 6. The maximum atomic E-state index is 14.5. The number of benzene rings is 2. The van der Waals surface area contributed by atoms with Gasteiger partial charge in [0.1, 0.15) is 12.5 Å². The van der Waals surface area contributed by atoms with Gasteiger partial charge in [0.2, 0.25) is 0 Å². The van der Waals surface area contributed by atoms with E-state index in [1.165, 1.54) is 12.1 Å². The summed E-state index contributed by atoms with van der Waals surface area (Å²) in [4.78, 5) is 17.9. The van der Waals surface area contributed by atoms with E-state index in [9.17, 15) is 18.0 Å². The third-order valence-electron chi connectivity index (χ3n) is 3.73. The zero-order chi connectivity index (χ0) is 22.1. The summed E-state index contributed by atoms with van der Waals surface area (Å²) in [5, 5.41) is 20.7. The van der Waals surface area contributed by atoms with Crippen molar-refractivity contribution in [2.45, 2.75) is 0 Å². The fourth-order valence-corrected chi connectivity index (χ4v) is 2.34. The van der Waals surface area contributed by atoms with Crippen molar-refractivity contribution in [1.29, 1.82) is 0 Å². The lowest BCUT2D eigenvalue weighted by Crippen LogP contribution is -2.35. The van der Waals surface area contributed by atoms with Crippen LogP contribution < -0.4 is 5.32 Å². The molecule has 0 fully saturated rings. The van der Waals surface area contributed by atoms with E-state index >= 15 is 0 Å². The molecule has 0 heterocycles. The molecule has 0 saturated heterocycles. The molecule has 0 saturated carbocycles. The number of aliphatic hydroxyl groups is 2. The van der Waals surface area contributed by atoms with E-state index in [4.69, 9.17) is 26.2 Å². The number of nitrogens with one attached hydrogen (secondary N) is 1. The molecule has 0 aromatic heterocycles. The van der Waals surface area contributed by atoms with Gasteiger partial charge in [0.15, 0.2) is 11.6 Å². The number of rotatable bonds is 10. The highest BCUT2D eigenvalue weighted by Gasteiger charge is 2.25. The lowest BCUT2D eigenvalue weighted by atomic mass is 10.1. The molecule has 1 amide bonds. The minimum atomic E-state index is -1.42. The molecule has 0 unspecified atom stereocenters. The van der Waals surface area contributed by atoms with E-state index in [0.29, 0.717) is 5.06 Å². The molecule has 0 spiro atoms. The van der Waals surface area contributed by atoms with Gasteiger partial charge in [0, 0.05) is 5.56 Å². The average molecular weight is 424 g/mol. The molecule has 160 valence electrons. The van der Waals surface area contributed by atoms with Gasteiger partial charge in [-0.05, 0) is 30.3 Å². The summed E-state index contributed by atoms with van der Waals surface area (Å²) in [7, 11) is 0. The number of carbonyl (C=O) groups is 1. The largest absolute Gasteiger partial charge is 0.394 e. The maximum Gasteiger partial charge on any atom is 0.281 e. The molecule has 2 rings (SSSR count). The number of carbonyl (C=O) groups excluding carboxylic acids is 1. The van der Waals surface area contributed by atoms with Gasteiger partial charge in [-0.1, -0.05) is 5.92 Å². The number of hydroxylamine groups is 2. The first-order chi connectivity index (χ1) is 14.4. The number of nitrogens with zero attached hydrogens (tertiary/aromatic N) is 1. The summed E-state index contributed by atoms with van der Waals surface area (Å²) in [5.41, 5.74) is -1.03. The highest BCUT2D eigenvalue weighted by Crippen LogP contribution is 2.29. The highest BCUT2D eigenvalue weighted by molar-refractivity contribution is 6.00. The third kappa shape index (κ3) is 5.71. The topological polar surface area (TPSA) is 91.3 Å². The van der Waals surface area contributed by atoms with Crippen LogP contribution in [-0.2, 0) is 9.57 Å². The van der Waals surface area contributed by atoms with Crippen LogP contribution in [0, 0.1) is 29.8 Å². The number of amides is 1. The smallest absolute Gasteiger partial charge is 0.281 e. The molecule has 0 atom stereocenters. The van der Waals surface area contributed by atoms with Crippen LogP contribution >= 0.6 is 0 Å². The fourth-order valence-electron chi connectivity index (χ4n) is 2.34. The Balaban J connectivity index is 2.40. The van der Waals surface area contributed by atoms with E-state index < -0.39 is 42.4 Å². The van der Waals surface area contributed by atoms with E-state index in [-0.39, 0.29) is 36.6 Å². The molecule has 0 aliphatic rings. The van der Waals surface area contributed by atoms with Gasteiger partial charge in [-0.2, -0.15) is 5.06 Å². The molecule has 2 aromatic rings. The Hall–Kier alpha value is -3.10. The molecule has 30 heavy (non-hydrogen) atoms. The average Bonchev–Trinajstić information content (AvgIpc) is 2.74. The van der Waals surface area contributed by atoms with Crippen LogP contribution in [0.4, 0.5) is 24.5 Å². The molecule has 0 bridgehead atoms. The Morgan fingerprint density at radius 3 is 2.47 bits per heavy atom. The van der Waals surface area contributed by atoms with Crippen molar-refractivity contribution in [3.05, 3.63) is 58.9 Å². The molecule has 0 radical (unpaired) electrons. The number of hydrogen-bond donors (Lipinski definition) is 3. The van der Waals surface area contributed by atoms with Crippen LogP contribution in [0.3, 0.4) is 0 Å².